The van der Waals surface area contributed by atoms with E-state index in [-0.39, 0.29) is 17.9 Å². The molecule has 2 heterocycles. The lowest BCUT2D eigenvalue weighted by Crippen LogP contribution is -3.14. The van der Waals surface area contributed by atoms with E-state index in [1.165, 1.54) is 29.1 Å². The first kappa shape index (κ1) is 13.3. The van der Waals surface area contributed by atoms with Crippen molar-refractivity contribution in [2.45, 2.75) is 32.2 Å². The van der Waals surface area contributed by atoms with Crippen molar-refractivity contribution in [1.29, 1.82) is 0 Å². The molecule has 4 heteroatoms. The number of hydrogen-bond donors (Lipinski definition) is 1. The number of nitrogens with zero attached hydrogens (tertiary/aromatic N) is 1. The van der Waals surface area contributed by atoms with Gasteiger partial charge in [0.25, 0.3) is 11.8 Å². The average Bonchev–Trinajstić information content (AvgIpc) is 2.72. The Kier molecular flexibility index (Phi) is 3.57. The van der Waals surface area contributed by atoms with Gasteiger partial charge in [0.1, 0.15) is 0 Å². The van der Waals surface area contributed by atoms with Crippen molar-refractivity contribution in [3.8, 4) is 0 Å². The van der Waals surface area contributed by atoms with Crippen molar-refractivity contribution in [1.82, 2.24) is 4.90 Å². The van der Waals surface area contributed by atoms with Crippen LogP contribution in [0.15, 0.2) is 24.3 Å². The smallest absolute Gasteiger partial charge is 0.262 e. The summed E-state index contributed by atoms with van der Waals surface area (Å²) in [4.78, 5) is 27.7. The third kappa shape index (κ3) is 2.24. The molecule has 2 aliphatic heterocycles. The molecular formula is C16H21N2O2+. The van der Waals surface area contributed by atoms with Gasteiger partial charge in [-0.2, -0.15) is 0 Å². The molecule has 1 fully saturated rings. The first-order chi connectivity index (χ1) is 9.68. The summed E-state index contributed by atoms with van der Waals surface area (Å²) in [6.07, 6.45) is 3.82. The summed E-state index contributed by atoms with van der Waals surface area (Å²) in [7, 11) is 0. The molecule has 1 aromatic carbocycles. The fraction of sp³-hybridized carbons (Fsp3) is 0.500. The van der Waals surface area contributed by atoms with Crippen LogP contribution in [0.1, 0.15) is 46.9 Å². The molecule has 0 saturated carbocycles. The minimum absolute atomic E-state index is 0.0319. The maximum atomic E-state index is 12.4. The second kappa shape index (κ2) is 5.37. The molecule has 0 aromatic heterocycles. The number of piperidine rings is 1. The zero-order valence-corrected chi connectivity index (χ0v) is 11.9. The Morgan fingerprint density at radius 3 is 2.15 bits per heavy atom. The van der Waals surface area contributed by atoms with Gasteiger partial charge in [-0.25, -0.2) is 0 Å². The lowest BCUT2D eigenvalue weighted by atomic mass is 10.1. The first-order valence-corrected chi connectivity index (χ1v) is 7.49. The summed E-state index contributed by atoms with van der Waals surface area (Å²) >= 11 is 0. The van der Waals surface area contributed by atoms with E-state index in [1.54, 1.807) is 12.1 Å². The Labute approximate surface area is 119 Å². The predicted molar refractivity (Wildman–Crippen MR) is 75.8 cm³/mol. The van der Waals surface area contributed by atoms with Crippen LogP contribution < -0.4 is 4.90 Å². The Morgan fingerprint density at radius 1 is 1.05 bits per heavy atom. The van der Waals surface area contributed by atoms with E-state index in [1.807, 2.05) is 19.1 Å². The summed E-state index contributed by atoms with van der Waals surface area (Å²) < 4.78 is 0. The molecule has 0 aliphatic carbocycles. The summed E-state index contributed by atoms with van der Waals surface area (Å²) in [5.41, 5.74) is 1.11. The topological polar surface area (TPSA) is 41.8 Å². The Hall–Kier alpha value is -1.68. The van der Waals surface area contributed by atoms with Gasteiger partial charge in [-0.15, -0.1) is 0 Å². The van der Waals surface area contributed by atoms with Gasteiger partial charge in [0, 0.05) is 0 Å². The lowest BCUT2D eigenvalue weighted by Gasteiger charge is -2.29. The molecule has 1 atom stereocenters. The quantitative estimate of drug-likeness (QED) is 0.825. The van der Waals surface area contributed by atoms with E-state index < -0.39 is 0 Å². The number of carbonyl (C=O) groups excluding carboxylic acids is 2. The van der Waals surface area contributed by atoms with Crippen LogP contribution in [0.5, 0.6) is 0 Å². The van der Waals surface area contributed by atoms with E-state index >= 15 is 0 Å². The minimum Gasteiger partial charge on any atom is -0.333 e. The summed E-state index contributed by atoms with van der Waals surface area (Å²) in [5, 5.41) is 0. The van der Waals surface area contributed by atoms with Gasteiger partial charge in [-0.1, -0.05) is 12.1 Å². The van der Waals surface area contributed by atoms with Gasteiger partial charge in [0.15, 0.2) is 0 Å². The van der Waals surface area contributed by atoms with Crippen LogP contribution in [-0.4, -0.2) is 42.4 Å². The molecule has 0 spiro atoms. The molecule has 2 amide bonds. The monoisotopic (exact) mass is 273 g/mol. The van der Waals surface area contributed by atoms with Crippen molar-refractivity contribution in [2.75, 3.05) is 19.6 Å². The number of imide groups is 1. The van der Waals surface area contributed by atoms with E-state index in [9.17, 15) is 9.59 Å². The van der Waals surface area contributed by atoms with Gasteiger partial charge in [-0.05, 0) is 38.3 Å². The maximum Gasteiger partial charge on any atom is 0.262 e. The first-order valence-electron chi connectivity index (χ1n) is 7.49. The SMILES string of the molecule is C[C@H](C[NH+]1CCCCC1)N1C(=O)c2ccccc2C1=O. The number of carbonyl (C=O) groups is 2. The Balaban J connectivity index is 1.74. The van der Waals surface area contributed by atoms with Gasteiger partial charge in [0.05, 0.1) is 36.8 Å². The zero-order chi connectivity index (χ0) is 14.1. The molecule has 0 unspecified atom stereocenters. The Bertz CT molecular complexity index is 500. The molecular weight excluding hydrogens is 252 g/mol. The van der Waals surface area contributed by atoms with Gasteiger partial charge in [0.2, 0.25) is 0 Å². The third-order valence-corrected chi connectivity index (χ3v) is 4.41. The van der Waals surface area contributed by atoms with Gasteiger partial charge < -0.3 is 4.90 Å². The standard InChI is InChI=1S/C16H20N2O2/c1-12(11-17-9-5-2-6-10-17)18-15(19)13-7-3-4-8-14(13)16(18)20/h3-4,7-8,12H,2,5-6,9-11H2,1H3/p+1/t12-/m1/s1. The molecule has 2 aliphatic rings. The number of fused-ring (bicyclic) bond motifs is 1. The molecule has 1 N–H and O–H groups in total. The fourth-order valence-electron chi connectivity index (χ4n) is 3.37. The normalized spacial score (nSPS) is 21.1. The number of rotatable bonds is 3. The minimum atomic E-state index is -0.130. The maximum absolute atomic E-state index is 12.4. The van der Waals surface area contributed by atoms with E-state index in [4.69, 9.17) is 0 Å². The summed E-state index contributed by atoms with van der Waals surface area (Å²) in [6.45, 7) is 5.18. The van der Waals surface area contributed by atoms with Crippen LogP contribution in [-0.2, 0) is 0 Å². The molecule has 1 saturated heterocycles. The van der Waals surface area contributed by atoms with Crippen molar-refractivity contribution in [3.63, 3.8) is 0 Å². The molecule has 4 nitrogen and oxygen atoms in total. The van der Waals surface area contributed by atoms with Crippen molar-refractivity contribution in [3.05, 3.63) is 35.4 Å². The third-order valence-electron chi connectivity index (χ3n) is 4.41. The molecule has 1 aromatic rings. The van der Waals surface area contributed by atoms with Crippen molar-refractivity contribution >= 4 is 11.8 Å². The highest BCUT2D eigenvalue weighted by Crippen LogP contribution is 2.23. The van der Waals surface area contributed by atoms with Gasteiger partial charge >= 0.3 is 0 Å². The number of amides is 2. The lowest BCUT2D eigenvalue weighted by molar-refractivity contribution is -0.906. The van der Waals surface area contributed by atoms with Crippen molar-refractivity contribution in [2.24, 2.45) is 0 Å². The van der Waals surface area contributed by atoms with Crippen LogP contribution in [0.3, 0.4) is 0 Å². The van der Waals surface area contributed by atoms with Crippen LogP contribution in [0.2, 0.25) is 0 Å². The second-order valence-electron chi connectivity index (χ2n) is 5.89. The molecule has 0 radical (unpaired) electrons. The number of hydrogen-bond acceptors (Lipinski definition) is 2. The summed E-state index contributed by atoms with van der Waals surface area (Å²) in [6, 6.07) is 7.09. The number of benzene rings is 1. The summed E-state index contributed by atoms with van der Waals surface area (Å²) in [5.74, 6) is -0.260. The highest BCUT2D eigenvalue weighted by molar-refractivity contribution is 6.21. The highest BCUT2D eigenvalue weighted by atomic mass is 16.2. The van der Waals surface area contributed by atoms with Crippen LogP contribution in [0.4, 0.5) is 0 Å². The number of quaternary nitrogens is 1. The predicted octanol–water partition coefficient (Wildman–Crippen LogP) is 0.740. The highest BCUT2D eigenvalue weighted by Gasteiger charge is 2.39. The Morgan fingerprint density at radius 2 is 1.60 bits per heavy atom. The van der Waals surface area contributed by atoms with Crippen molar-refractivity contribution < 1.29 is 14.5 Å². The van der Waals surface area contributed by atoms with Gasteiger partial charge in [-0.3, -0.25) is 14.5 Å². The average molecular weight is 273 g/mol. The van der Waals surface area contributed by atoms with E-state index in [0.717, 1.165) is 19.6 Å². The fourth-order valence-corrected chi connectivity index (χ4v) is 3.37. The molecule has 106 valence electrons. The van der Waals surface area contributed by atoms with Crippen LogP contribution >= 0.6 is 0 Å². The van der Waals surface area contributed by atoms with E-state index in [2.05, 4.69) is 0 Å². The second-order valence-corrected chi connectivity index (χ2v) is 5.89. The molecule has 20 heavy (non-hydrogen) atoms. The number of nitrogens with one attached hydrogen (secondary N) is 1. The van der Waals surface area contributed by atoms with E-state index in [0.29, 0.717) is 11.1 Å². The van der Waals surface area contributed by atoms with Crippen LogP contribution in [0, 0.1) is 0 Å². The largest absolute Gasteiger partial charge is 0.333 e. The molecule has 0 bridgehead atoms. The van der Waals surface area contributed by atoms with Crippen LogP contribution in [0.25, 0.3) is 0 Å². The zero-order valence-electron chi connectivity index (χ0n) is 11.9. The molecule has 3 rings (SSSR count). The number of likely N-dealkylation sites (tertiary alicyclic amines) is 1.